The summed E-state index contributed by atoms with van der Waals surface area (Å²) in [5.74, 6) is 0.345. The van der Waals surface area contributed by atoms with E-state index in [1.54, 1.807) is 11.3 Å². The molecule has 0 atom stereocenters. The average molecular weight is 372 g/mol. The normalized spacial score (nSPS) is 10.8. The molecular weight excluding hydrogens is 350 g/mol. The molecule has 1 amide bonds. The molecule has 0 saturated carbocycles. The van der Waals surface area contributed by atoms with Crippen molar-refractivity contribution in [3.63, 3.8) is 0 Å². The molecule has 0 spiro atoms. The minimum absolute atomic E-state index is 0.0140. The molecule has 0 bridgehead atoms. The lowest BCUT2D eigenvalue weighted by atomic mass is 10.2. The van der Waals surface area contributed by atoms with Gasteiger partial charge in [-0.2, -0.15) is 0 Å². The van der Waals surface area contributed by atoms with Crippen molar-refractivity contribution >= 4 is 50.6 Å². The summed E-state index contributed by atoms with van der Waals surface area (Å²) < 4.78 is 2.07. The molecule has 1 heterocycles. The van der Waals surface area contributed by atoms with Gasteiger partial charge in [0, 0.05) is 24.5 Å². The van der Waals surface area contributed by atoms with Crippen molar-refractivity contribution in [3.8, 4) is 0 Å². The third-order valence-electron chi connectivity index (χ3n) is 3.88. The molecule has 0 fully saturated rings. The second kappa shape index (κ2) is 8.36. The fraction of sp³-hybridized carbons (Fsp3) is 0.263. The molecule has 1 aromatic heterocycles. The Morgan fingerprint density at radius 3 is 2.52 bits per heavy atom. The maximum atomic E-state index is 12.2. The van der Waals surface area contributed by atoms with Crippen molar-refractivity contribution in [1.29, 1.82) is 0 Å². The third-order valence-corrected chi connectivity index (χ3v) is 6.06. The first-order valence-electron chi connectivity index (χ1n) is 8.32. The molecule has 0 aliphatic rings. The Morgan fingerprint density at radius 2 is 1.84 bits per heavy atom. The van der Waals surface area contributed by atoms with Gasteiger partial charge in [-0.15, -0.1) is 11.3 Å². The summed E-state index contributed by atoms with van der Waals surface area (Å²) in [6.07, 6.45) is 0. The van der Waals surface area contributed by atoms with Crippen LogP contribution in [0.25, 0.3) is 10.2 Å². The van der Waals surface area contributed by atoms with Crippen LogP contribution in [0.1, 0.15) is 13.8 Å². The highest BCUT2D eigenvalue weighted by Gasteiger charge is 2.08. The summed E-state index contributed by atoms with van der Waals surface area (Å²) in [6, 6.07) is 16.0. The van der Waals surface area contributed by atoms with Gasteiger partial charge in [0.1, 0.15) is 0 Å². The predicted molar refractivity (Wildman–Crippen MR) is 109 cm³/mol. The van der Waals surface area contributed by atoms with Crippen LogP contribution in [-0.2, 0) is 4.79 Å². The molecule has 4 nitrogen and oxygen atoms in total. The minimum atomic E-state index is -0.0140. The molecule has 0 radical (unpaired) electrons. The fourth-order valence-corrected chi connectivity index (χ4v) is 4.45. The number of nitrogens with zero attached hydrogens (tertiary/aromatic N) is 2. The molecule has 3 aromatic rings. The first-order chi connectivity index (χ1) is 12.2. The van der Waals surface area contributed by atoms with E-state index in [1.807, 2.05) is 42.5 Å². The number of thiazole rings is 1. The molecule has 0 saturated heterocycles. The van der Waals surface area contributed by atoms with Crippen molar-refractivity contribution < 1.29 is 4.79 Å². The number of rotatable bonds is 7. The standard InChI is InChI=1S/C19H21N3OS2/c1-3-22(4-2)15-11-9-14(10-12-15)20-18(23)13-24-19-21-16-7-5-6-8-17(16)25-19/h5-12H,3-4,13H2,1-2H3,(H,20,23). The van der Waals surface area contributed by atoms with Crippen molar-refractivity contribution in [3.05, 3.63) is 48.5 Å². The SMILES string of the molecule is CCN(CC)c1ccc(NC(=O)CSc2nc3ccccc3s2)cc1. The number of nitrogens with one attached hydrogen (secondary N) is 1. The van der Waals surface area contributed by atoms with E-state index in [2.05, 4.69) is 35.1 Å². The molecule has 6 heteroatoms. The van der Waals surface area contributed by atoms with E-state index in [1.165, 1.54) is 17.4 Å². The largest absolute Gasteiger partial charge is 0.372 e. The van der Waals surface area contributed by atoms with Gasteiger partial charge >= 0.3 is 0 Å². The van der Waals surface area contributed by atoms with Gasteiger partial charge in [0.15, 0.2) is 4.34 Å². The lowest BCUT2D eigenvalue weighted by Crippen LogP contribution is -2.21. The molecular formula is C19H21N3OS2. The summed E-state index contributed by atoms with van der Waals surface area (Å²) >= 11 is 3.10. The van der Waals surface area contributed by atoms with Crippen molar-refractivity contribution in [1.82, 2.24) is 4.98 Å². The quantitative estimate of drug-likeness (QED) is 0.602. The Hall–Kier alpha value is -2.05. The Balaban J connectivity index is 1.55. The van der Waals surface area contributed by atoms with Gasteiger partial charge in [0.2, 0.25) is 5.91 Å². The van der Waals surface area contributed by atoms with Gasteiger partial charge in [-0.25, -0.2) is 4.98 Å². The molecule has 1 N–H and O–H groups in total. The molecule has 25 heavy (non-hydrogen) atoms. The number of hydrogen-bond donors (Lipinski definition) is 1. The van der Waals surface area contributed by atoms with Gasteiger partial charge in [0.25, 0.3) is 0 Å². The van der Waals surface area contributed by atoms with Crippen molar-refractivity contribution in [2.45, 2.75) is 18.2 Å². The van der Waals surface area contributed by atoms with Gasteiger partial charge in [-0.05, 0) is 50.2 Å². The maximum absolute atomic E-state index is 12.2. The van der Waals surface area contributed by atoms with Gasteiger partial charge in [-0.1, -0.05) is 23.9 Å². The maximum Gasteiger partial charge on any atom is 0.234 e. The van der Waals surface area contributed by atoms with Crippen LogP contribution in [0.15, 0.2) is 52.9 Å². The summed E-state index contributed by atoms with van der Waals surface area (Å²) in [7, 11) is 0. The summed E-state index contributed by atoms with van der Waals surface area (Å²) in [6.45, 7) is 6.22. The molecule has 130 valence electrons. The third kappa shape index (κ3) is 4.52. The number of thioether (sulfide) groups is 1. The van der Waals surface area contributed by atoms with E-state index in [0.29, 0.717) is 5.75 Å². The zero-order chi connectivity index (χ0) is 17.6. The lowest BCUT2D eigenvalue weighted by molar-refractivity contribution is -0.113. The first-order valence-corrected chi connectivity index (χ1v) is 10.1. The van der Waals surface area contributed by atoms with Crippen LogP contribution in [-0.4, -0.2) is 29.7 Å². The summed E-state index contributed by atoms with van der Waals surface area (Å²) in [5, 5.41) is 2.95. The van der Waals surface area contributed by atoms with Crippen molar-refractivity contribution in [2.75, 3.05) is 29.1 Å². The van der Waals surface area contributed by atoms with Crippen LogP contribution in [0.3, 0.4) is 0 Å². The molecule has 0 aliphatic heterocycles. The number of hydrogen-bond acceptors (Lipinski definition) is 5. The summed E-state index contributed by atoms with van der Waals surface area (Å²) in [5.41, 5.74) is 2.99. The number of aromatic nitrogens is 1. The molecule has 0 aliphatic carbocycles. The number of carbonyl (C=O) groups excluding carboxylic acids is 1. The topological polar surface area (TPSA) is 45.2 Å². The Morgan fingerprint density at radius 1 is 1.12 bits per heavy atom. The number of carbonyl (C=O) groups is 1. The van der Waals surface area contributed by atoms with Crippen LogP contribution in [0, 0.1) is 0 Å². The fourth-order valence-electron chi connectivity index (χ4n) is 2.58. The molecule has 2 aromatic carbocycles. The van der Waals surface area contributed by atoms with E-state index in [-0.39, 0.29) is 5.91 Å². The number of anilines is 2. The molecule has 3 rings (SSSR count). The first kappa shape index (κ1) is 17.8. The van der Waals surface area contributed by atoms with Crippen LogP contribution in [0.2, 0.25) is 0 Å². The minimum Gasteiger partial charge on any atom is -0.372 e. The van der Waals surface area contributed by atoms with Crippen LogP contribution in [0.5, 0.6) is 0 Å². The Labute approximate surface area is 156 Å². The summed E-state index contributed by atoms with van der Waals surface area (Å²) in [4.78, 5) is 19.0. The van der Waals surface area contributed by atoms with E-state index < -0.39 is 0 Å². The zero-order valence-corrected chi connectivity index (χ0v) is 16.0. The highest BCUT2D eigenvalue weighted by Crippen LogP contribution is 2.29. The van der Waals surface area contributed by atoms with E-state index in [4.69, 9.17) is 0 Å². The number of amides is 1. The zero-order valence-electron chi connectivity index (χ0n) is 14.4. The predicted octanol–water partition coefficient (Wildman–Crippen LogP) is 4.87. The lowest BCUT2D eigenvalue weighted by Gasteiger charge is -2.21. The van der Waals surface area contributed by atoms with E-state index in [9.17, 15) is 4.79 Å². The smallest absolute Gasteiger partial charge is 0.234 e. The highest BCUT2D eigenvalue weighted by atomic mass is 32.2. The number of benzene rings is 2. The average Bonchev–Trinajstić information content (AvgIpc) is 3.05. The second-order valence-corrected chi connectivity index (χ2v) is 7.76. The van der Waals surface area contributed by atoms with Crippen LogP contribution in [0.4, 0.5) is 11.4 Å². The molecule has 0 unspecified atom stereocenters. The monoisotopic (exact) mass is 371 g/mol. The van der Waals surface area contributed by atoms with E-state index in [0.717, 1.165) is 33.3 Å². The van der Waals surface area contributed by atoms with Gasteiger partial charge < -0.3 is 10.2 Å². The Kier molecular flexibility index (Phi) is 5.94. The van der Waals surface area contributed by atoms with E-state index >= 15 is 0 Å². The van der Waals surface area contributed by atoms with Crippen LogP contribution >= 0.6 is 23.1 Å². The second-order valence-electron chi connectivity index (χ2n) is 5.50. The van der Waals surface area contributed by atoms with Crippen molar-refractivity contribution in [2.24, 2.45) is 0 Å². The Bertz CT molecular complexity index is 808. The van der Waals surface area contributed by atoms with Gasteiger partial charge in [0.05, 0.1) is 16.0 Å². The van der Waals surface area contributed by atoms with Gasteiger partial charge in [-0.3, -0.25) is 4.79 Å². The van der Waals surface area contributed by atoms with Crippen LogP contribution < -0.4 is 10.2 Å². The highest BCUT2D eigenvalue weighted by molar-refractivity contribution is 8.01. The number of fused-ring (bicyclic) bond motifs is 1. The number of para-hydroxylation sites is 1.